The van der Waals surface area contributed by atoms with E-state index in [2.05, 4.69) is 5.32 Å². The Balaban J connectivity index is 2.78. The molecule has 0 saturated carbocycles. The van der Waals surface area contributed by atoms with Gasteiger partial charge in [0.05, 0.1) is 0 Å². The summed E-state index contributed by atoms with van der Waals surface area (Å²) >= 11 is 0. The minimum Gasteiger partial charge on any atom is -0.315 e. The normalized spacial score (nSPS) is 23.7. The van der Waals surface area contributed by atoms with Crippen LogP contribution in [0.1, 0.15) is 19.8 Å². The average molecular weight is 235 g/mol. The summed E-state index contributed by atoms with van der Waals surface area (Å²) in [5.74, 6) is 0. The summed E-state index contributed by atoms with van der Waals surface area (Å²) in [4.78, 5) is 0. The van der Waals surface area contributed by atoms with Gasteiger partial charge in [-0.2, -0.15) is 17.0 Å². The van der Waals surface area contributed by atoms with Crippen LogP contribution in [0.15, 0.2) is 0 Å². The van der Waals surface area contributed by atoms with Crippen LogP contribution < -0.4 is 5.32 Å². The van der Waals surface area contributed by atoms with Crippen molar-refractivity contribution in [2.75, 3.05) is 33.7 Å². The molecule has 1 rings (SSSR count). The van der Waals surface area contributed by atoms with Crippen molar-refractivity contribution in [3.8, 4) is 0 Å². The molecule has 0 bridgehead atoms. The maximum atomic E-state index is 12.0. The number of hydrogen-bond acceptors (Lipinski definition) is 3. The van der Waals surface area contributed by atoms with Gasteiger partial charge in [0.25, 0.3) is 10.2 Å². The predicted octanol–water partition coefficient (Wildman–Crippen LogP) is -0.133. The maximum absolute atomic E-state index is 12.0. The second kappa shape index (κ2) is 5.25. The van der Waals surface area contributed by atoms with E-state index in [1.165, 1.54) is 4.31 Å². The first-order valence-electron chi connectivity index (χ1n) is 5.40. The summed E-state index contributed by atoms with van der Waals surface area (Å²) in [6.45, 7) is 4.18. The van der Waals surface area contributed by atoms with Crippen LogP contribution in [0.3, 0.4) is 0 Å². The third-order valence-electron chi connectivity index (χ3n) is 2.75. The van der Waals surface area contributed by atoms with Crippen LogP contribution >= 0.6 is 0 Å². The number of piperidine rings is 1. The average Bonchev–Trinajstić information content (AvgIpc) is 2.19. The summed E-state index contributed by atoms with van der Waals surface area (Å²) in [5.41, 5.74) is 0. The van der Waals surface area contributed by atoms with Crippen molar-refractivity contribution < 1.29 is 8.42 Å². The van der Waals surface area contributed by atoms with E-state index in [0.717, 1.165) is 25.9 Å². The smallest absolute Gasteiger partial charge is 0.281 e. The van der Waals surface area contributed by atoms with Gasteiger partial charge in [-0.25, -0.2) is 0 Å². The molecule has 90 valence electrons. The molecule has 0 aliphatic carbocycles. The van der Waals surface area contributed by atoms with Gasteiger partial charge < -0.3 is 5.32 Å². The fourth-order valence-electron chi connectivity index (χ4n) is 1.90. The maximum Gasteiger partial charge on any atom is 0.281 e. The number of likely N-dealkylation sites (N-methyl/N-ethyl adjacent to an activating group) is 1. The van der Waals surface area contributed by atoms with Crippen molar-refractivity contribution in [2.45, 2.75) is 25.8 Å². The number of nitrogens with zero attached hydrogens (tertiary/aromatic N) is 2. The molecule has 5 nitrogen and oxygen atoms in total. The summed E-state index contributed by atoms with van der Waals surface area (Å²) in [5, 5.41) is 3.24. The van der Waals surface area contributed by atoms with Crippen LogP contribution in [0.2, 0.25) is 0 Å². The van der Waals surface area contributed by atoms with Crippen molar-refractivity contribution in [1.29, 1.82) is 0 Å². The zero-order chi connectivity index (χ0) is 11.5. The van der Waals surface area contributed by atoms with E-state index in [1.807, 2.05) is 6.92 Å². The highest BCUT2D eigenvalue weighted by atomic mass is 32.2. The van der Waals surface area contributed by atoms with Crippen molar-refractivity contribution in [3.63, 3.8) is 0 Å². The van der Waals surface area contributed by atoms with E-state index in [1.54, 1.807) is 18.4 Å². The Bertz CT molecular complexity index is 284. The van der Waals surface area contributed by atoms with Gasteiger partial charge in [0.2, 0.25) is 0 Å². The van der Waals surface area contributed by atoms with Crippen LogP contribution in [-0.4, -0.2) is 56.8 Å². The summed E-state index contributed by atoms with van der Waals surface area (Å²) in [7, 11) is -0.107. The monoisotopic (exact) mass is 235 g/mol. The van der Waals surface area contributed by atoms with E-state index in [0.29, 0.717) is 6.54 Å². The second-order valence-corrected chi connectivity index (χ2v) is 6.09. The summed E-state index contributed by atoms with van der Waals surface area (Å²) < 4.78 is 26.8. The minimum atomic E-state index is -3.26. The SMILES string of the molecule is CCN(C1CCCNC1)S(=O)(=O)N(C)C. The summed E-state index contributed by atoms with van der Waals surface area (Å²) in [6.07, 6.45) is 2.00. The van der Waals surface area contributed by atoms with Crippen molar-refractivity contribution in [2.24, 2.45) is 0 Å². The molecule has 1 heterocycles. The first-order valence-corrected chi connectivity index (χ1v) is 6.80. The Labute approximate surface area is 92.6 Å². The van der Waals surface area contributed by atoms with Gasteiger partial charge in [-0.1, -0.05) is 6.92 Å². The second-order valence-electron chi connectivity index (χ2n) is 3.99. The molecule has 1 aliphatic rings. The molecule has 15 heavy (non-hydrogen) atoms. The third kappa shape index (κ3) is 2.90. The van der Waals surface area contributed by atoms with E-state index in [9.17, 15) is 8.42 Å². The zero-order valence-corrected chi connectivity index (χ0v) is 10.5. The lowest BCUT2D eigenvalue weighted by Crippen LogP contribution is -2.51. The van der Waals surface area contributed by atoms with Crippen LogP contribution in [0.4, 0.5) is 0 Å². The number of rotatable bonds is 4. The Hall–Kier alpha value is -0.170. The molecular weight excluding hydrogens is 214 g/mol. The molecule has 1 aliphatic heterocycles. The van der Waals surface area contributed by atoms with Crippen molar-refractivity contribution >= 4 is 10.2 Å². The van der Waals surface area contributed by atoms with Gasteiger partial charge in [0.1, 0.15) is 0 Å². The molecule has 0 aromatic heterocycles. The van der Waals surface area contributed by atoms with Crippen molar-refractivity contribution in [3.05, 3.63) is 0 Å². The van der Waals surface area contributed by atoms with E-state index < -0.39 is 10.2 Å². The fourth-order valence-corrected chi connectivity index (χ4v) is 3.20. The van der Waals surface area contributed by atoms with Crippen molar-refractivity contribution in [1.82, 2.24) is 13.9 Å². The van der Waals surface area contributed by atoms with E-state index in [-0.39, 0.29) is 6.04 Å². The lowest BCUT2D eigenvalue weighted by Gasteiger charge is -2.34. The van der Waals surface area contributed by atoms with Crippen LogP contribution in [0.25, 0.3) is 0 Å². The Morgan fingerprint density at radius 2 is 2.07 bits per heavy atom. The quantitative estimate of drug-likeness (QED) is 0.738. The summed E-state index contributed by atoms with van der Waals surface area (Å²) in [6, 6.07) is 0.108. The highest BCUT2D eigenvalue weighted by molar-refractivity contribution is 7.86. The third-order valence-corrected chi connectivity index (χ3v) is 4.82. The van der Waals surface area contributed by atoms with Crippen LogP contribution in [-0.2, 0) is 10.2 Å². The zero-order valence-electron chi connectivity index (χ0n) is 9.73. The largest absolute Gasteiger partial charge is 0.315 e. The molecule has 0 aromatic carbocycles. The Morgan fingerprint density at radius 3 is 2.47 bits per heavy atom. The molecule has 1 unspecified atom stereocenters. The lowest BCUT2D eigenvalue weighted by molar-refractivity contribution is 0.261. The van der Waals surface area contributed by atoms with Gasteiger partial charge in [-0.3, -0.25) is 0 Å². The van der Waals surface area contributed by atoms with Gasteiger partial charge in [0.15, 0.2) is 0 Å². The molecule has 1 atom stereocenters. The van der Waals surface area contributed by atoms with E-state index >= 15 is 0 Å². The molecule has 1 fully saturated rings. The van der Waals surface area contributed by atoms with Gasteiger partial charge in [-0.15, -0.1) is 0 Å². The predicted molar refractivity (Wildman–Crippen MR) is 60.9 cm³/mol. The molecule has 1 N–H and O–H groups in total. The highest BCUT2D eigenvalue weighted by Gasteiger charge is 2.30. The van der Waals surface area contributed by atoms with Gasteiger partial charge >= 0.3 is 0 Å². The molecule has 0 spiro atoms. The van der Waals surface area contributed by atoms with Gasteiger partial charge in [0, 0.05) is 33.2 Å². The van der Waals surface area contributed by atoms with Crippen LogP contribution in [0, 0.1) is 0 Å². The van der Waals surface area contributed by atoms with Crippen LogP contribution in [0.5, 0.6) is 0 Å². The van der Waals surface area contributed by atoms with E-state index in [4.69, 9.17) is 0 Å². The topological polar surface area (TPSA) is 52.7 Å². The Morgan fingerprint density at radius 1 is 1.40 bits per heavy atom. The molecule has 0 amide bonds. The Kier molecular flexibility index (Phi) is 4.51. The minimum absolute atomic E-state index is 0.108. The highest BCUT2D eigenvalue weighted by Crippen LogP contribution is 2.15. The first-order chi connectivity index (χ1) is 7.00. The number of nitrogens with one attached hydrogen (secondary N) is 1. The standard InChI is InChI=1S/C9H21N3O2S/c1-4-12(15(13,14)11(2)3)9-6-5-7-10-8-9/h9-10H,4-8H2,1-3H3. The first kappa shape index (κ1) is 12.9. The molecule has 6 heteroatoms. The molecule has 1 saturated heterocycles. The lowest BCUT2D eigenvalue weighted by atomic mass is 10.1. The molecule has 0 radical (unpaired) electrons. The molecule has 0 aromatic rings. The fraction of sp³-hybridized carbons (Fsp3) is 1.00. The van der Waals surface area contributed by atoms with Gasteiger partial charge in [-0.05, 0) is 19.4 Å². The number of hydrogen-bond donors (Lipinski definition) is 1. The molecular formula is C9H21N3O2S.